The number of halogens is 1. The molecule has 1 heterocycles. The van der Waals surface area contributed by atoms with Crippen LogP contribution < -0.4 is 5.32 Å². The summed E-state index contributed by atoms with van der Waals surface area (Å²) < 4.78 is 1.05. The number of rotatable bonds is 0. The van der Waals surface area contributed by atoms with E-state index in [-0.39, 0.29) is 11.3 Å². The molecule has 2 aliphatic rings. The molecule has 0 bridgehead atoms. The van der Waals surface area contributed by atoms with Crippen molar-refractivity contribution in [3.05, 3.63) is 28.2 Å². The molecule has 13 heavy (non-hydrogen) atoms. The van der Waals surface area contributed by atoms with Crippen LogP contribution in [0.15, 0.2) is 22.7 Å². The van der Waals surface area contributed by atoms with Crippen molar-refractivity contribution in [2.24, 2.45) is 0 Å². The second-order valence-corrected chi connectivity index (χ2v) is 4.64. The largest absolute Gasteiger partial charge is 0.325 e. The normalized spacial score (nSPS) is 21.5. The van der Waals surface area contributed by atoms with Crippen LogP contribution in [0.5, 0.6) is 0 Å². The molecule has 1 amide bonds. The van der Waals surface area contributed by atoms with Crippen LogP contribution in [-0.2, 0) is 10.2 Å². The molecular weight excluding hydrogens is 230 g/mol. The third kappa shape index (κ3) is 0.854. The number of amides is 1. The lowest BCUT2D eigenvalue weighted by molar-refractivity contribution is -0.117. The lowest BCUT2D eigenvalue weighted by Gasteiger charge is -2.03. The first-order chi connectivity index (χ1) is 6.22. The third-order valence-corrected chi connectivity index (χ3v) is 3.42. The smallest absolute Gasteiger partial charge is 0.235 e. The summed E-state index contributed by atoms with van der Waals surface area (Å²) >= 11 is 3.43. The summed E-state index contributed by atoms with van der Waals surface area (Å²) in [4.78, 5) is 11.6. The summed E-state index contributed by atoms with van der Waals surface area (Å²) in [5, 5.41) is 2.92. The maximum Gasteiger partial charge on any atom is 0.235 e. The van der Waals surface area contributed by atoms with E-state index >= 15 is 0 Å². The number of hydrogen-bond donors (Lipinski definition) is 1. The molecule has 1 fully saturated rings. The zero-order valence-corrected chi connectivity index (χ0v) is 8.52. The fourth-order valence-corrected chi connectivity index (χ4v) is 2.37. The number of carbonyl (C=O) groups excluding carboxylic acids is 1. The summed E-state index contributed by atoms with van der Waals surface area (Å²) in [7, 11) is 0. The summed E-state index contributed by atoms with van der Waals surface area (Å²) in [5.41, 5.74) is 2.01. The molecule has 1 aliphatic heterocycles. The minimum Gasteiger partial charge on any atom is -0.325 e. The second-order valence-electron chi connectivity index (χ2n) is 3.73. The molecule has 3 heteroatoms. The highest BCUT2D eigenvalue weighted by Gasteiger charge is 2.56. The summed E-state index contributed by atoms with van der Waals surface area (Å²) in [6, 6.07) is 5.98. The van der Waals surface area contributed by atoms with E-state index in [0.29, 0.717) is 0 Å². The molecule has 0 unspecified atom stereocenters. The molecule has 0 saturated heterocycles. The molecule has 1 saturated carbocycles. The Morgan fingerprint density at radius 2 is 2.15 bits per heavy atom. The van der Waals surface area contributed by atoms with Crippen molar-refractivity contribution in [1.82, 2.24) is 0 Å². The van der Waals surface area contributed by atoms with Crippen LogP contribution in [0, 0.1) is 0 Å². The maximum atomic E-state index is 11.6. The minimum atomic E-state index is -0.154. The lowest BCUT2D eigenvalue weighted by atomic mass is 9.98. The fraction of sp³-hybridized carbons (Fsp3) is 0.300. The summed E-state index contributed by atoms with van der Waals surface area (Å²) in [6.45, 7) is 0. The molecule has 0 radical (unpaired) electrons. The van der Waals surface area contributed by atoms with E-state index < -0.39 is 0 Å². The first-order valence-corrected chi connectivity index (χ1v) is 5.13. The van der Waals surface area contributed by atoms with E-state index in [1.807, 2.05) is 12.1 Å². The molecular formula is C10H8BrNO. The Bertz CT molecular complexity index is 409. The number of fused-ring (bicyclic) bond motifs is 2. The van der Waals surface area contributed by atoms with Crippen LogP contribution in [0.25, 0.3) is 0 Å². The van der Waals surface area contributed by atoms with E-state index in [2.05, 4.69) is 27.3 Å². The van der Waals surface area contributed by atoms with Gasteiger partial charge < -0.3 is 5.32 Å². The molecule has 1 aromatic rings. The Morgan fingerprint density at radius 1 is 1.38 bits per heavy atom. The van der Waals surface area contributed by atoms with Gasteiger partial charge in [0, 0.05) is 10.2 Å². The zero-order chi connectivity index (χ0) is 9.05. The van der Waals surface area contributed by atoms with Crippen LogP contribution in [-0.4, -0.2) is 5.91 Å². The van der Waals surface area contributed by atoms with Crippen LogP contribution in [0.3, 0.4) is 0 Å². The Morgan fingerprint density at radius 3 is 2.85 bits per heavy atom. The van der Waals surface area contributed by atoms with E-state index in [1.54, 1.807) is 0 Å². The molecule has 3 rings (SSSR count). The van der Waals surface area contributed by atoms with Crippen molar-refractivity contribution in [3.63, 3.8) is 0 Å². The van der Waals surface area contributed by atoms with Crippen molar-refractivity contribution in [2.45, 2.75) is 18.3 Å². The van der Waals surface area contributed by atoms with E-state index in [4.69, 9.17) is 0 Å². The fourth-order valence-electron chi connectivity index (χ4n) is 2.01. The number of nitrogens with one attached hydrogen (secondary N) is 1. The van der Waals surface area contributed by atoms with Gasteiger partial charge in [0.25, 0.3) is 0 Å². The van der Waals surface area contributed by atoms with Crippen molar-refractivity contribution in [1.29, 1.82) is 0 Å². The number of hydrogen-bond acceptors (Lipinski definition) is 1. The molecule has 2 nitrogen and oxygen atoms in total. The van der Waals surface area contributed by atoms with E-state index in [1.165, 1.54) is 5.56 Å². The van der Waals surface area contributed by atoms with Gasteiger partial charge in [-0.1, -0.05) is 15.9 Å². The van der Waals surface area contributed by atoms with Gasteiger partial charge in [-0.15, -0.1) is 0 Å². The third-order valence-electron chi connectivity index (χ3n) is 2.93. The zero-order valence-electron chi connectivity index (χ0n) is 6.93. The van der Waals surface area contributed by atoms with Crippen LogP contribution in [0.4, 0.5) is 5.69 Å². The molecule has 1 aromatic carbocycles. The molecule has 1 spiro atoms. The topological polar surface area (TPSA) is 29.1 Å². The van der Waals surface area contributed by atoms with Crippen LogP contribution in [0.2, 0.25) is 0 Å². The second kappa shape index (κ2) is 2.15. The predicted octanol–water partition coefficient (Wildman–Crippen LogP) is 2.43. The monoisotopic (exact) mass is 237 g/mol. The van der Waals surface area contributed by atoms with Gasteiger partial charge in [0.2, 0.25) is 5.91 Å². The number of anilines is 1. The average Bonchev–Trinajstić information content (AvgIpc) is 2.83. The Labute approximate surface area is 84.5 Å². The molecule has 1 aliphatic carbocycles. The van der Waals surface area contributed by atoms with Crippen LogP contribution in [0.1, 0.15) is 18.4 Å². The highest BCUT2D eigenvalue weighted by molar-refractivity contribution is 9.10. The van der Waals surface area contributed by atoms with Gasteiger partial charge in [-0.2, -0.15) is 0 Å². The highest BCUT2D eigenvalue weighted by atomic mass is 79.9. The van der Waals surface area contributed by atoms with Crippen molar-refractivity contribution in [2.75, 3.05) is 5.32 Å². The van der Waals surface area contributed by atoms with Gasteiger partial charge in [0.1, 0.15) is 0 Å². The SMILES string of the molecule is O=C1Nc2ccc(Br)cc2C12CC2. The predicted molar refractivity (Wildman–Crippen MR) is 53.7 cm³/mol. The van der Waals surface area contributed by atoms with E-state index in [0.717, 1.165) is 23.0 Å². The maximum absolute atomic E-state index is 11.6. The average molecular weight is 238 g/mol. The Kier molecular flexibility index (Phi) is 1.25. The summed E-state index contributed by atoms with van der Waals surface area (Å²) in [6.07, 6.45) is 2.00. The number of carbonyl (C=O) groups is 1. The van der Waals surface area contributed by atoms with Crippen LogP contribution >= 0.6 is 15.9 Å². The van der Waals surface area contributed by atoms with Gasteiger partial charge in [0.15, 0.2) is 0 Å². The first-order valence-electron chi connectivity index (χ1n) is 4.34. The lowest BCUT2D eigenvalue weighted by Crippen LogP contribution is -2.18. The molecule has 1 N–H and O–H groups in total. The molecule has 0 atom stereocenters. The van der Waals surface area contributed by atoms with Crippen molar-refractivity contribution >= 4 is 27.5 Å². The Balaban J connectivity index is 2.24. The van der Waals surface area contributed by atoms with Gasteiger partial charge in [-0.3, -0.25) is 4.79 Å². The Hall–Kier alpha value is -0.830. The van der Waals surface area contributed by atoms with Crippen molar-refractivity contribution in [3.8, 4) is 0 Å². The highest BCUT2D eigenvalue weighted by Crippen LogP contribution is 2.55. The standard InChI is InChI=1S/C10H8BrNO/c11-6-1-2-8-7(5-6)10(3-4-10)9(13)12-8/h1-2,5H,3-4H2,(H,12,13). The first kappa shape index (κ1) is 7.56. The van der Waals surface area contributed by atoms with Gasteiger partial charge in [-0.25, -0.2) is 0 Å². The summed E-state index contributed by atoms with van der Waals surface area (Å²) in [5.74, 6) is 0.181. The van der Waals surface area contributed by atoms with Gasteiger partial charge in [0.05, 0.1) is 5.41 Å². The quantitative estimate of drug-likeness (QED) is 0.738. The van der Waals surface area contributed by atoms with Gasteiger partial charge in [-0.05, 0) is 36.6 Å². The molecule has 0 aromatic heterocycles. The van der Waals surface area contributed by atoms with Gasteiger partial charge >= 0.3 is 0 Å². The van der Waals surface area contributed by atoms with Crippen molar-refractivity contribution < 1.29 is 4.79 Å². The minimum absolute atomic E-state index is 0.154. The van der Waals surface area contributed by atoms with E-state index in [9.17, 15) is 4.79 Å². The molecule has 66 valence electrons. The number of benzene rings is 1.